The standard InChI is InChI=1S/C19H21BrO/c20-18-9-5-4-8-16(18)13-17-12-15(10-11-19(17)21)14-6-2-1-3-7-14/h1-9,15,17,19,21H,10-13H2. The first-order valence-corrected chi connectivity index (χ1v) is 8.50. The van der Waals surface area contributed by atoms with Crippen molar-refractivity contribution in [2.45, 2.75) is 37.7 Å². The maximum Gasteiger partial charge on any atom is 0.0572 e. The molecule has 2 aromatic carbocycles. The van der Waals surface area contributed by atoms with Crippen molar-refractivity contribution < 1.29 is 5.11 Å². The summed E-state index contributed by atoms with van der Waals surface area (Å²) < 4.78 is 1.15. The SMILES string of the molecule is OC1CCC(c2ccccc2)CC1Cc1ccccc1Br. The molecule has 3 rings (SSSR count). The topological polar surface area (TPSA) is 20.2 Å². The molecule has 0 radical (unpaired) electrons. The Hall–Kier alpha value is -1.12. The third-order valence-corrected chi connectivity index (χ3v) is 5.43. The minimum absolute atomic E-state index is 0.169. The fourth-order valence-electron chi connectivity index (χ4n) is 3.44. The molecule has 1 fully saturated rings. The summed E-state index contributed by atoms with van der Waals surface area (Å²) in [5, 5.41) is 10.4. The van der Waals surface area contributed by atoms with Gasteiger partial charge in [-0.1, -0.05) is 64.5 Å². The van der Waals surface area contributed by atoms with Crippen molar-refractivity contribution in [2.24, 2.45) is 5.92 Å². The predicted octanol–water partition coefficient (Wildman–Crippen LogP) is 4.94. The summed E-state index contributed by atoms with van der Waals surface area (Å²) in [5.41, 5.74) is 2.72. The Kier molecular flexibility index (Phi) is 4.77. The number of hydrogen-bond donors (Lipinski definition) is 1. The van der Waals surface area contributed by atoms with E-state index in [1.165, 1.54) is 11.1 Å². The quantitative estimate of drug-likeness (QED) is 0.836. The van der Waals surface area contributed by atoms with Crippen LogP contribution >= 0.6 is 15.9 Å². The molecule has 1 aliphatic rings. The Morgan fingerprint density at radius 2 is 1.67 bits per heavy atom. The van der Waals surface area contributed by atoms with E-state index in [9.17, 15) is 5.11 Å². The lowest BCUT2D eigenvalue weighted by Crippen LogP contribution is -2.30. The zero-order chi connectivity index (χ0) is 14.7. The summed E-state index contributed by atoms with van der Waals surface area (Å²) in [6.45, 7) is 0. The van der Waals surface area contributed by atoms with E-state index in [2.05, 4.69) is 64.5 Å². The van der Waals surface area contributed by atoms with Gasteiger partial charge in [-0.05, 0) is 54.7 Å². The summed E-state index contributed by atoms with van der Waals surface area (Å²) in [5.74, 6) is 0.935. The van der Waals surface area contributed by atoms with E-state index in [1.54, 1.807) is 0 Å². The summed E-state index contributed by atoms with van der Waals surface area (Å²) >= 11 is 3.62. The largest absolute Gasteiger partial charge is 0.393 e. The molecule has 1 aliphatic carbocycles. The molecule has 21 heavy (non-hydrogen) atoms. The van der Waals surface area contributed by atoms with E-state index in [-0.39, 0.29) is 6.10 Å². The van der Waals surface area contributed by atoms with Gasteiger partial charge in [0.15, 0.2) is 0 Å². The van der Waals surface area contributed by atoms with Crippen LogP contribution in [-0.4, -0.2) is 11.2 Å². The molecular formula is C19H21BrO. The highest BCUT2D eigenvalue weighted by Gasteiger charge is 2.30. The van der Waals surface area contributed by atoms with Crippen molar-refractivity contribution in [2.75, 3.05) is 0 Å². The van der Waals surface area contributed by atoms with Gasteiger partial charge in [0.05, 0.1) is 6.10 Å². The van der Waals surface area contributed by atoms with Crippen molar-refractivity contribution in [3.63, 3.8) is 0 Å². The fraction of sp³-hybridized carbons (Fsp3) is 0.368. The van der Waals surface area contributed by atoms with E-state index < -0.39 is 0 Å². The van der Waals surface area contributed by atoms with Crippen molar-refractivity contribution in [3.05, 3.63) is 70.2 Å². The van der Waals surface area contributed by atoms with Crippen molar-refractivity contribution in [1.29, 1.82) is 0 Å². The molecule has 0 amide bonds. The van der Waals surface area contributed by atoms with Gasteiger partial charge in [-0.2, -0.15) is 0 Å². The van der Waals surface area contributed by atoms with Crippen LogP contribution in [0.5, 0.6) is 0 Å². The number of aliphatic hydroxyl groups is 1. The second-order valence-corrected chi connectivity index (χ2v) is 6.90. The summed E-state index contributed by atoms with van der Waals surface area (Å²) in [6.07, 6.45) is 3.86. The number of aliphatic hydroxyl groups excluding tert-OH is 1. The number of halogens is 1. The third-order valence-electron chi connectivity index (χ3n) is 4.65. The summed E-state index contributed by atoms with van der Waals surface area (Å²) in [4.78, 5) is 0. The molecule has 0 saturated heterocycles. The highest BCUT2D eigenvalue weighted by molar-refractivity contribution is 9.10. The van der Waals surface area contributed by atoms with Gasteiger partial charge in [0.2, 0.25) is 0 Å². The Balaban J connectivity index is 1.74. The monoisotopic (exact) mass is 344 g/mol. The normalized spacial score (nSPS) is 25.7. The first-order chi connectivity index (χ1) is 10.2. The van der Waals surface area contributed by atoms with E-state index in [4.69, 9.17) is 0 Å². The Labute approximate surface area is 135 Å². The Morgan fingerprint density at radius 3 is 2.43 bits per heavy atom. The highest BCUT2D eigenvalue weighted by atomic mass is 79.9. The van der Waals surface area contributed by atoms with Crippen LogP contribution in [-0.2, 0) is 6.42 Å². The first-order valence-electron chi connectivity index (χ1n) is 7.70. The number of benzene rings is 2. The van der Waals surface area contributed by atoms with Gasteiger partial charge in [0.1, 0.15) is 0 Å². The van der Waals surface area contributed by atoms with E-state index >= 15 is 0 Å². The van der Waals surface area contributed by atoms with E-state index in [1.807, 2.05) is 6.07 Å². The second-order valence-electron chi connectivity index (χ2n) is 6.04. The number of hydrogen-bond acceptors (Lipinski definition) is 1. The maximum atomic E-state index is 10.4. The molecular weight excluding hydrogens is 324 g/mol. The molecule has 0 spiro atoms. The molecule has 0 bridgehead atoms. The van der Waals surface area contributed by atoms with Crippen LogP contribution in [0.15, 0.2) is 59.1 Å². The van der Waals surface area contributed by atoms with Crippen LogP contribution in [0.4, 0.5) is 0 Å². The predicted molar refractivity (Wildman–Crippen MR) is 90.4 cm³/mol. The molecule has 1 N–H and O–H groups in total. The van der Waals surface area contributed by atoms with E-state index in [0.717, 1.165) is 30.2 Å². The van der Waals surface area contributed by atoms with Crippen LogP contribution in [0, 0.1) is 5.92 Å². The van der Waals surface area contributed by atoms with Gasteiger partial charge < -0.3 is 5.11 Å². The van der Waals surface area contributed by atoms with E-state index in [0.29, 0.717) is 11.8 Å². The lowest BCUT2D eigenvalue weighted by atomic mass is 9.74. The maximum absolute atomic E-state index is 10.4. The van der Waals surface area contributed by atoms with Crippen LogP contribution in [0.25, 0.3) is 0 Å². The minimum Gasteiger partial charge on any atom is -0.393 e. The van der Waals surface area contributed by atoms with Crippen LogP contribution in [0.2, 0.25) is 0 Å². The van der Waals surface area contributed by atoms with Crippen molar-refractivity contribution in [1.82, 2.24) is 0 Å². The van der Waals surface area contributed by atoms with Crippen LogP contribution in [0.1, 0.15) is 36.3 Å². The molecule has 2 heteroatoms. The van der Waals surface area contributed by atoms with Crippen LogP contribution in [0.3, 0.4) is 0 Å². The molecule has 0 aromatic heterocycles. The molecule has 1 saturated carbocycles. The second kappa shape index (κ2) is 6.76. The lowest BCUT2D eigenvalue weighted by Gasteiger charge is -2.34. The smallest absolute Gasteiger partial charge is 0.0572 e. The molecule has 110 valence electrons. The highest BCUT2D eigenvalue weighted by Crippen LogP contribution is 2.38. The zero-order valence-corrected chi connectivity index (χ0v) is 13.7. The van der Waals surface area contributed by atoms with Gasteiger partial charge >= 0.3 is 0 Å². The average molecular weight is 345 g/mol. The molecule has 0 heterocycles. The Morgan fingerprint density at radius 1 is 0.952 bits per heavy atom. The van der Waals surface area contributed by atoms with Gasteiger partial charge in [0, 0.05) is 4.47 Å². The summed E-state index contributed by atoms with van der Waals surface area (Å²) in [7, 11) is 0. The first kappa shape index (κ1) is 14.8. The van der Waals surface area contributed by atoms with Crippen LogP contribution < -0.4 is 0 Å². The molecule has 0 aliphatic heterocycles. The van der Waals surface area contributed by atoms with Crippen molar-refractivity contribution in [3.8, 4) is 0 Å². The molecule has 3 atom stereocenters. The summed E-state index contributed by atoms with van der Waals surface area (Å²) in [6, 6.07) is 19.1. The zero-order valence-electron chi connectivity index (χ0n) is 12.1. The molecule has 1 nitrogen and oxygen atoms in total. The van der Waals surface area contributed by atoms with Gasteiger partial charge in [-0.3, -0.25) is 0 Å². The molecule has 2 aromatic rings. The minimum atomic E-state index is -0.169. The Bertz CT molecular complexity index is 581. The third kappa shape index (κ3) is 3.56. The lowest BCUT2D eigenvalue weighted by molar-refractivity contribution is 0.0619. The number of rotatable bonds is 3. The van der Waals surface area contributed by atoms with Crippen molar-refractivity contribution >= 4 is 15.9 Å². The molecule has 3 unspecified atom stereocenters. The fourth-order valence-corrected chi connectivity index (χ4v) is 3.89. The average Bonchev–Trinajstić information content (AvgIpc) is 2.52. The van der Waals surface area contributed by atoms with Gasteiger partial charge in [-0.25, -0.2) is 0 Å². The van der Waals surface area contributed by atoms with Gasteiger partial charge in [0.25, 0.3) is 0 Å². The van der Waals surface area contributed by atoms with Gasteiger partial charge in [-0.15, -0.1) is 0 Å².